The second-order valence-electron chi connectivity index (χ2n) is 4.15. The number of benzene rings is 1. The van der Waals surface area contributed by atoms with Gasteiger partial charge in [0.1, 0.15) is 7.85 Å². The van der Waals surface area contributed by atoms with E-state index in [1.54, 1.807) is 18.5 Å². The van der Waals surface area contributed by atoms with E-state index in [1.807, 2.05) is 38.3 Å². The number of aromatic nitrogens is 2. The number of rotatable bonds is 3. The molecule has 0 saturated heterocycles. The zero-order valence-corrected chi connectivity index (χ0v) is 10.8. The molecule has 1 heterocycles. The fraction of sp³-hybridized carbons (Fsp3) is 0.231. The molecule has 2 aromatic rings. The number of esters is 1. The van der Waals surface area contributed by atoms with Crippen molar-refractivity contribution in [1.29, 1.82) is 0 Å². The number of hydrogen-bond donors (Lipinski definition) is 0. The molecule has 1 aromatic carbocycles. The minimum Gasteiger partial charge on any atom is -0.460 e. The molecule has 0 aliphatic rings. The van der Waals surface area contributed by atoms with Gasteiger partial charge in [0.2, 0.25) is 5.82 Å². The molecule has 0 amide bonds. The Morgan fingerprint density at radius 2 is 2.06 bits per heavy atom. The molecule has 0 N–H and O–H groups in total. The van der Waals surface area contributed by atoms with E-state index in [9.17, 15) is 4.79 Å². The minimum atomic E-state index is -0.390. The highest BCUT2D eigenvalue weighted by Crippen LogP contribution is 2.17. The number of carbonyl (C=O) groups excluding carboxylic acids is 1. The fourth-order valence-corrected chi connectivity index (χ4v) is 1.72. The van der Waals surface area contributed by atoms with Crippen molar-refractivity contribution in [2.24, 2.45) is 7.05 Å². The maximum Gasteiger partial charge on any atom is 0.374 e. The molecule has 1 aromatic heterocycles. The van der Waals surface area contributed by atoms with Gasteiger partial charge in [0.05, 0.1) is 12.3 Å². The standard InChI is InChI=1S/C13H15BN2O2/c1-3-18-13(17)12-15-11(8-16(12)2)9-4-6-10(14)7-5-9/h4-8H,3,14H2,1-2H3. The van der Waals surface area contributed by atoms with E-state index in [4.69, 9.17) is 4.74 Å². The Kier molecular flexibility index (Phi) is 3.51. The van der Waals surface area contributed by atoms with Crippen LogP contribution in [0.15, 0.2) is 30.5 Å². The van der Waals surface area contributed by atoms with Crippen molar-refractivity contribution in [3.63, 3.8) is 0 Å². The smallest absolute Gasteiger partial charge is 0.374 e. The number of carbonyl (C=O) groups is 1. The van der Waals surface area contributed by atoms with E-state index in [0.29, 0.717) is 12.4 Å². The van der Waals surface area contributed by atoms with Crippen LogP contribution in [0.4, 0.5) is 0 Å². The minimum absolute atomic E-state index is 0.326. The number of aryl methyl sites for hydroxylation is 1. The molecule has 0 spiro atoms. The van der Waals surface area contributed by atoms with Gasteiger partial charge in [-0.25, -0.2) is 9.78 Å². The first-order valence-electron chi connectivity index (χ1n) is 5.89. The summed E-state index contributed by atoms with van der Waals surface area (Å²) < 4.78 is 6.64. The van der Waals surface area contributed by atoms with Crippen LogP contribution >= 0.6 is 0 Å². The lowest BCUT2D eigenvalue weighted by atomic mass is 9.95. The second kappa shape index (κ2) is 5.08. The summed E-state index contributed by atoms with van der Waals surface area (Å²) >= 11 is 0. The Bertz CT molecular complexity index is 561. The molecule has 18 heavy (non-hydrogen) atoms. The van der Waals surface area contributed by atoms with Gasteiger partial charge in [0.15, 0.2) is 0 Å². The predicted octanol–water partition coefficient (Wildman–Crippen LogP) is 0.522. The number of nitrogens with zero attached hydrogens (tertiary/aromatic N) is 2. The number of imidazole rings is 1. The third-order valence-corrected chi connectivity index (χ3v) is 2.68. The Labute approximate surface area is 107 Å². The van der Waals surface area contributed by atoms with Crippen molar-refractivity contribution in [2.45, 2.75) is 6.92 Å². The van der Waals surface area contributed by atoms with Crippen LogP contribution in [0, 0.1) is 0 Å². The van der Waals surface area contributed by atoms with Crippen molar-refractivity contribution in [1.82, 2.24) is 9.55 Å². The third-order valence-electron chi connectivity index (χ3n) is 2.68. The van der Waals surface area contributed by atoms with Crippen LogP contribution in [0.25, 0.3) is 11.3 Å². The second-order valence-corrected chi connectivity index (χ2v) is 4.15. The van der Waals surface area contributed by atoms with E-state index in [0.717, 1.165) is 11.3 Å². The van der Waals surface area contributed by atoms with Crippen LogP contribution < -0.4 is 5.46 Å². The molecule has 2 rings (SSSR count). The van der Waals surface area contributed by atoms with Crippen LogP contribution in [-0.2, 0) is 11.8 Å². The van der Waals surface area contributed by atoms with E-state index >= 15 is 0 Å². The van der Waals surface area contributed by atoms with Crippen LogP contribution in [0.1, 0.15) is 17.5 Å². The van der Waals surface area contributed by atoms with Gasteiger partial charge in [-0.3, -0.25) is 0 Å². The van der Waals surface area contributed by atoms with Crippen LogP contribution in [0.5, 0.6) is 0 Å². The Hall–Kier alpha value is -2.04. The lowest BCUT2D eigenvalue weighted by Crippen LogP contribution is -2.10. The van der Waals surface area contributed by atoms with Gasteiger partial charge in [0, 0.05) is 18.8 Å². The molecule has 5 heteroatoms. The van der Waals surface area contributed by atoms with Crippen molar-refractivity contribution in [3.05, 3.63) is 36.3 Å². The predicted molar refractivity (Wildman–Crippen MR) is 72.8 cm³/mol. The van der Waals surface area contributed by atoms with Gasteiger partial charge in [-0.2, -0.15) is 0 Å². The monoisotopic (exact) mass is 242 g/mol. The first-order chi connectivity index (χ1) is 8.61. The lowest BCUT2D eigenvalue weighted by Gasteiger charge is -1.99. The molecule has 0 aliphatic heterocycles. The highest BCUT2D eigenvalue weighted by molar-refractivity contribution is 6.32. The van der Waals surface area contributed by atoms with Gasteiger partial charge in [-0.05, 0) is 6.92 Å². The highest BCUT2D eigenvalue weighted by Gasteiger charge is 2.15. The van der Waals surface area contributed by atoms with Gasteiger partial charge >= 0.3 is 5.97 Å². The lowest BCUT2D eigenvalue weighted by molar-refractivity contribution is 0.0508. The third kappa shape index (κ3) is 2.45. The summed E-state index contributed by atoms with van der Waals surface area (Å²) in [4.78, 5) is 16.0. The zero-order chi connectivity index (χ0) is 13.1. The van der Waals surface area contributed by atoms with E-state index in [1.165, 1.54) is 5.46 Å². The van der Waals surface area contributed by atoms with Crippen molar-refractivity contribution >= 4 is 19.3 Å². The molecule has 0 bridgehead atoms. The van der Waals surface area contributed by atoms with E-state index in [-0.39, 0.29) is 0 Å². The van der Waals surface area contributed by atoms with Gasteiger partial charge < -0.3 is 9.30 Å². The Balaban J connectivity index is 2.34. The summed E-state index contributed by atoms with van der Waals surface area (Å²) in [6.07, 6.45) is 1.83. The SMILES string of the molecule is Bc1ccc(-c2cn(C)c(C(=O)OCC)n2)cc1. The zero-order valence-electron chi connectivity index (χ0n) is 10.8. The van der Waals surface area contributed by atoms with Crippen LogP contribution in [0.2, 0.25) is 0 Å². The van der Waals surface area contributed by atoms with Crippen LogP contribution in [-0.4, -0.2) is 30.0 Å². The molecule has 0 atom stereocenters. The number of hydrogen-bond acceptors (Lipinski definition) is 3. The molecule has 92 valence electrons. The maximum atomic E-state index is 11.7. The Morgan fingerprint density at radius 3 is 2.67 bits per heavy atom. The summed E-state index contributed by atoms with van der Waals surface area (Å²) in [6.45, 7) is 2.13. The molecule has 0 saturated carbocycles. The summed E-state index contributed by atoms with van der Waals surface area (Å²) in [5.74, 6) is -0.0641. The average molecular weight is 242 g/mol. The first kappa shape index (κ1) is 12.4. The molecule has 0 fully saturated rings. The average Bonchev–Trinajstić information content (AvgIpc) is 2.72. The summed E-state index contributed by atoms with van der Waals surface area (Å²) in [7, 11) is 3.82. The highest BCUT2D eigenvalue weighted by atomic mass is 16.5. The van der Waals surface area contributed by atoms with E-state index < -0.39 is 5.97 Å². The largest absolute Gasteiger partial charge is 0.460 e. The molecule has 0 unspecified atom stereocenters. The van der Waals surface area contributed by atoms with Crippen molar-refractivity contribution in [2.75, 3.05) is 6.61 Å². The van der Waals surface area contributed by atoms with Gasteiger partial charge in [0.25, 0.3) is 0 Å². The molecule has 4 nitrogen and oxygen atoms in total. The first-order valence-corrected chi connectivity index (χ1v) is 5.89. The van der Waals surface area contributed by atoms with E-state index in [2.05, 4.69) is 4.98 Å². The summed E-state index contributed by atoms with van der Waals surface area (Å²) in [6, 6.07) is 8.03. The summed E-state index contributed by atoms with van der Waals surface area (Å²) in [5.41, 5.74) is 2.97. The van der Waals surface area contributed by atoms with Crippen LogP contribution in [0.3, 0.4) is 0 Å². The molecular weight excluding hydrogens is 227 g/mol. The Morgan fingerprint density at radius 1 is 1.39 bits per heavy atom. The topological polar surface area (TPSA) is 44.1 Å². The van der Waals surface area contributed by atoms with Crippen molar-refractivity contribution in [3.8, 4) is 11.3 Å². The number of ether oxygens (including phenoxy) is 1. The molecular formula is C13H15BN2O2. The normalized spacial score (nSPS) is 10.3. The quantitative estimate of drug-likeness (QED) is 0.582. The van der Waals surface area contributed by atoms with Crippen molar-refractivity contribution < 1.29 is 9.53 Å². The van der Waals surface area contributed by atoms with Gasteiger partial charge in [-0.15, -0.1) is 0 Å². The molecule has 0 radical (unpaired) electrons. The maximum absolute atomic E-state index is 11.7. The van der Waals surface area contributed by atoms with Gasteiger partial charge in [-0.1, -0.05) is 29.7 Å². The fourth-order valence-electron chi connectivity index (χ4n) is 1.72. The summed E-state index contributed by atoms with van der Waals surface area (Å²) in [5, 5.41) is 0. The molecule has 0 aliphatic carbocycles.